The number of Topliss-reactive ketones (excluding diaryl/α,β-unsaturated/α-hetero) is 2. The average molecular weight is 634 g/mol. The van der Waals surface area contributed by atoms with Crippen LogP contribution in [0.3, 0.4) is 0 Å². The first-order valence-corrected chi connectivity index (χ1v) is 17.8. The van der Waals surface area contributed by atoms with Gasteiger partial charge in [0.25, 0.3) is 0 Å². The Labute approximate surface area is 277 Å². The van der Waals surface area contributed by atoms with Crippen molar-refractivity contribution < 1.29 is 9.59 Å². The summed E-state index contributed by atoms with van der Waals surface area (Å²) in [6, 6.07) is 37.7. The molecule has 0 saturated carbocycles. The van der Waals surface area contributed by atoms with Gasteiger partial charge in [0.15, 0.2) is 11.6 Å². The van der Waals surface area contributed by atoms with E-state index in [1.54, 1.807) is 29.6 Å². The Bertz CT molecular complexity index is 2240. The number of thioether (sulfide) groups is 2. The Kier molecular flexibility index (Phi) is 6.75. The molecule has 1 aliphatic carbocycles. The van der Waals surface area contributed by atoms with Gasteiger partial charge in [-0.05, 0) is 105 Å². The topological polar surface area (TPSA) is 37.4 Å². The molecule has 0 fully saturated rings. The third-order valence-corrected chi connectivity index (χ3v) is 10.9. The highest BCUT2D eigenvalue weighted by atomic mass is 32.2. The molecule has 0 bridgehead atoms. The van der Waals surface area contributed by atoms with E-state index >= 15 is 0 Å². The smallest absolute Gasteiger partial charge is 0.197 e. The van der Waals surface area contributed by atoms with Crippen LogP contribution in [0.2, 0.25) is 0 Å². The zero-order valence-corrected chi connectivity index (χ0v) is 27.7. The highest BCUT2D eigenvalue weighted by molar-refractivity contribution is 7.99. The maximum atomic E-state index is 13.5. The van der Waals surface area contributed by atoms with E-state index in [4.69, 9.17) is 0 Å². The molecular formula is C41H31NO2S2. The summed E-state index contributed by atoms with van der Waals surface area (Å²) in [5.74, 6) is -0.413. The average Bonchev–Trinajstić information content (AvgIpc) is 3.30. The summed E-state index contributed by atoms with van der Waals surface area (Å²) in [6.07, 6.45) is 6.01. The third kappa shape index (κ3) is 4.37. The molecule has 0 saturated heterocycles. The second-order valence-electron chi connectivity index (χ2n) is 12.4. The van der Waals surface area contributed by atoms with Gasteiger partial charge in [0.2, 0.25) is 0 Å². The van der Waals surface area contributed by atoms with Crippen LogP contribution < -0.4 is 4.90 Å². The van der Waals surface area contributed by atoms with Crippen LogP contribution >= 0.6 is 23.5 Å². The van der Waals surface area contributed by atoms with Crippen LogP contribution in [0.4, 0.5) is 17.1 Å². The van der Waals surface area contributed by atoms with Crippen molar-refractivity contribution in [2.75, 3.05) is 17.4 Å². The summed E-state index contributed by atoms with van der Waals surface area (Å²) in [5, 5.41) is 4.16. The maximum Gasteiger partial charge on any atom is 0.197 e. The Morgan fingerprint density at radius 3 is 1.91 bits per heavy atom. The van der Waals surface area contributed by atoms with Crippen molar-refractivity contribution in [3.05, 3.63) is 143 Å². The maximum absolute atomic E-state index is 13.5. The molecule has 0 aromatic heterocycles. The third-order valence-electron chi connectivity index (χ3n) is 9.48. The lowest BCUT2D eigenvalue weighted by atomic mass is 9.71. The van der Waals surface area contributed by atoms with Crippen molar-refractivity contribution >= 4 is 79.8 Å². The number of hydrogen-bond donors (Lipinski definition) is 0. The Morgan fingerprint density at radius 2 is 1.26 bits per heavy atom. The van der Waals surface area contributed by atoms with Crippen LogP contribution in [0.15, 0.2) is 125 Å². The Hall–Kier alpha value is -4.58. The molecule has 5 heteroatoms. The second-order valence-corrected chi connectivity index (χ2v) is 14.2. The molecule has 0 amide bonds. The summed E-state index contributed by atoms with van der Waals surface area (Å²) >= 11 is 3.52. The number of hydrogen-bond acceptors (Lipinski definition) is 5. The fraction of sp³-hybridized carbons (Fsp3) is 0.122. The fourth-order valence-electron chi connectivity index (χ4n) is 7.24. The first-order chi connectivity index (χ1) is 22.3. The molecule has 0 unspecified atom stereocenters. The number of carbonyl (C=O) groups excluding carboxylic acids is 2. The van der Waals surface area contributed by atoms with Crippen LogP contribution in [0, 0.1) is 0 Å². The van der Waals surface area contributed by atoms with E-state index in [0.717, 1.165) is 38.5 Å². The van der Waals surface area contributed by atoms with Crippen LogP contribution in [0.5, 0.6) is 0 Å². The minimum atomic E-state index is -0.262. The Balaban J connectivity index is 1.27. The van der Waals surface area contributed by atoms with Gasteiger partial charge < -0.3 is 4.90 Å². The van der Waals surface area contributed by atoms with Gasteiger partial charge in [-0.3, -0.25) is 9.59 Å². The van der Waals surface area contributed by atoms with Gasteiger partial charge in [0, 0.05) is 32.0 Å². The zero-order valence-electron chi connectivity index (χ0n) is 26.0. The largest absolute Gasteiger partial charge is 0.310 e. The number of benzene rings is 6. The quantitative estimate of drug-likeness (QED) is 0.110. The molecule has 2 aliphatic rings. The lowest BCUT2D eigenvalue weighted by Gasteiger charge is -2.43. The number of fused-ring (bicyclic) bond motifs is 6. The number of allylic oxidation sites excluding steroid dienone is 1. The van der Waals surface area contributed by atoms with Crippen molar-refractivity contribution in [3.8, 4) is 0 Å². The monoisotopic (exact) mass is 633 g/mol. The number of carbonyl (C=O) groups is 2. The molecule has 3 nitrogen and oxygen atoms in total. The number of ketones is 2. The molecule has 0 radical (unpaired) electrons. The first-order valence-electron chi connectivity index (χ1n) is 15.3. The van der Waals surface area contributed by atoms with Crippen molar-refractivity contribution in [2.24, 2.45) is 0 Å². The molecule has 0 spiro atoms. The number of para-hydroxylation sites is 1. The van der Waals surface area contributed by atoms with Crippen LogP contribution in [0.1, 0.15) is 51.3 Å². The van der Waals surface area contributed by atoms with Gasteiger partial charge in [0.05, 0.1) is 16.9 Å². The standard InChI is InChI=1S/C41H31NO2S2/c1-41(2)35-11-7-8-12-36(35)42(28-21-29(45-3)23-30(22-28)46-4)37-16-14-27-17-24(13-15-31(27)38(37)41)18-34-39(43)32-19-25-9-5-6-10-26(25)20-33(32)40(34)44/h5-23H,1-4H3. The van der Waals surface area contributed by atoms with E-state index in [1.165, 1.54) is 26.6 Å². The lowest BCUT2D eigenvalue weighted by Crippen LogP contribution is -2.31. The van der Waals surface area contributed by atoms with Crippen molar-refractivity contribution in [1.82, 2.24) is 0 Å². The van der Waals surface area contributed by atoms with E-state index in [-0.39, 0.29) is 22.6 Å². The molecule has 224 valence electrons. The fourth-order valence-corrected chi connectivity index (χ4v) is 8.28. The summed E-state index contributed by atoms with van der Waals surface area (Å²) in [4.78, 5) is 31.8. The van der Waals surface area contributed by atoms with Crippen molar-refractivity contribution in [3.63, 3.8) is 0 Å². The summed E-state index contributed by atoms with van der Waals surface area (Å²) in [7, 11) is 0. The molecule has 0 atom stereocenters. The molecule has 1 heterocycles. The summed E-state index contributed by atoms with van der Waals surface area (Å²) in [5.41, 5.74) is 7.80. The van der Waals surface area contributed by atoms with E-state index in [2.05, 4.69) is 98.0 Å². The van der Waals surface area contributed by atoms with Gasteiger partial charge >= 0.3 is 0 Å². The normalized spacial score (nSPS) is 14.9. The molecule has 0 N–H and O–H groups in total. The minimum absolute atomic E-state index is 0.207. The second kappa shape index (κ2) is 10.8. The van der Waals surface area contributed by atoms with Crippen molar-refractivity contribution in [1.29, 1.82) is 0 Å². The van der Waals surface area contributed by atoms with Crippen molar-refractivity contribution in [2.45, 2.75) is 29.1 Å². The number of nitrogens with zero attached hydrogens (tertiary/aromatic N) is 1. The van der Waals surface area contributed by atoms with Gasteiger partial charge in [0.1, 0.15) is 0 Å². The summed E-state index contributed by atoms with van der Waals surface area (Å²) < 4.78 is 0. The predicted octanol–water partition coefficient (Wildman–Crippen LogP) is 11.0. The zero-order chi connectivity index (χ0) is 31.7. The Morgan fingerprint density at radius 1 is 0.630 bits per heavy atom. The summed E-state index contributed by atoms with van der Waals surface area (Å²) in [6.45, 7) is 4.61. The molecule has 1 aliphatic heterocycles. The van der Waals surface area contributed by atoms with Gasteiger partial charge in [-0.15, -0.1) is 23.5 Å². The van der Waals surface area contributed by atoms with Gasteiger partial charge in [-0.1, -0.05) is 74.5 Å². The van der Waals surface area contributed by atoms with Gasteiger partial charge in [-0.25, -0.2) is 0 Å². The van der Waals surface area contributed by atoms with E-state index in [1.807, 2.05) is 42.5 Å². The minimum Gasteiger partial charge on any atom is -0.310 e. The van der Waals surface area contributed by atoms with E-state index in [9.17, 15) is 9.59 Å². The first kappa shape index (κ1) is 28.9. The highest BCUT2D eigenvalue weighted by Crippen LogP contribution is 2.54. The number of rotatable bonds is 4. The SMILES string of the molecule is CSc1cc(SC)cc(N2c3ccccc3C(C)(C)c3c2ccc2cc(C=C4C(=O)c5cc6ccccc6cc5C4=O)ccc32)c1. The van der Waals surface area contributed by atoms with E-state index in [0.29, 0.717) is 11.1 Å². The number of anilines is 3. The van der Waals surface area contributed by atoms with Gasteiger partial charge in [-0.2, -0.15) is 0 Å². The molecule has 46 heavy (non-hydrogen) atoms. The predicted molar refractivity (Wildman–Crippen MR) is 195 cm³/mol. The molecule has 6 aromatic carbocycles. The molecule has 6 aromatic rings. The van der Waals surface area contributed by atoms with E-state index < -0.39 is 0 Å². The van der Waals surface area contributed by atoms with Crippen LogP contribution in [-0.4, -0.2) is 24.1 Å². The van der Waals surface area contributed by atoms with Crippen LogP contribution in [0.25, 0.3) is 27.6 Å². The lowest BCUT2D eigenvalue weighted by molar-refractivity contribution is 0.0990. The molecule has 8 rings (SSSR count). The molecular weight excluding hydrogens is 603 g/mol. The van der Waals surface area contributed by atoms with Crippen LogP contribution in [-0.2, 0) is 5.41 Å². The highest BCUT2D eigenvalue weighted by Gasteiger charge is 2.38.